The third-order valence-electron chi connectivity index (χ3n) is 8.67. The van der Waals surface area contributed by atoms with Crippen LogP contribution in [-0.2, 0) is 22.4 Å². The number of hydrogen-bond donors (Lipinski definition) is 2. The summed E-state index contributed by atoms with van der Waals surface area (Å²) in [5, 5.41) is 0. The topological polar surface area (TPSA) is 83.7 Å². The number of aromatic amines is 2. The van der Waals surface area contributed by atoms with E-state index in [1.54, 1.807) is 0 Å². The molecular weight excluding hydrogens is 496 g/mol. The maximum atomic E-state index is 12.1. The van der Waals surface area contributed by atoms with Gasteiger partial charge in [0.05, 0.1) is 29.9 Å². The van der Waals surface area contributed by atoms with Crippen molar-refractivity contribution in [2.45, 2.75) is 80.6 Å². The number of rotatable bonds is 6. The minimum absolute atomic E-state index is 0.214. The van der Waals surface area contributed by atoms with Crippen LogP contribution < -0.4 is 0 Å². The third kappa shape index (κ3) is 4.70. The van der Waals surface area contributed by atoms with Crippen molar-refractivity contribution in [1.82, 2.24) is 19.9 Å². The monoisotopic (exact) mass is 536 g/mol. The van der Waals surface area contributed by atoms with Crippen molar-refractivity contribution < 1.29 is 9.53 Å². The molecular formula is C34H40N4O2. The lowest BCUT2D eigenvalue weighted by atomic mass is 10.0. The lowest BCUT2D eigenvalue weighted by molar-refractivity contribution is -0.140. The highest BCUT2D eigenvalue weighted by Gasteiger charge is 2.20. The smallest absolute Gasteiger partial charge is 0.305 e. The molecule has 2 N–H and O–H groups in total. The third-order valence-corrected chi connectivity index (χ3v) is 8.67. The fourth-order valence-corrected chi connectivity index (χ4v) is 6.22. The second kappa shape index (κ2) is 10.9. The molecule has 0 fully saturated rings. The van der Waals surface area contributed by atoms with E-state index in [4.69, 9.17) is 14.7 Å². The number of H-pyrrole nitrogens is 2. The first-order chi connectivity index (χ1) is 19.2. The predicted molar refractivity (Wildman–Crippen MR) is 166 cm³/mol. The Labute approximate surface area is 236 Å². The number of allylic oxidation sites excluding steroid dienone is 4. The second-order valence-electron chi connectivity index (χ2n) is 10.8. The van der Waals surface area contributed by atoms with E-state index in [0.717, 1.165) is 75.3 Å². The van der Waals surface area contributed by atoms with Crippen LogP contribution in [0.25, 0.3) is 44.4 Å². The summed E-state index contributed by atoms with van der Waals surface area (Å²) < 4.78 is 4.95. The maximum Gasteiger partial charge on any atom is 0.305 e. The quantitative estimate of drug-likeness (QED) is 0.311. The van der Waals surface area contributed by atoms with Gasteiger partial charge in [0, 0.05) is 28.5 Å². The van der Waals surface area contributed by atoms with E-state index in [1.165, 1.54) is 40.5 Å². The van der Waals surface area contributed by atoms with Crippen molar-refractivity contribution in [2.24, 2.45) is 0 Å². The molecule has 5 heterocycles. The number of carbonyl (C=O) groups is 1. The highest BCUT2D eigenvalue weighted by atomic mass is 16.5. The Morgan fingerprint density at radius 1 is 0.675 bits per heavy atom. The summed E-state index contributed by atoms with van der Waals surface area (Å²) in [5.41, 5.74) is 17.8. The Morgan fingerprint density at radius 3 is 1.62 bits per heavy atom. The Balaban J connectivity index is 1.92. The van der Waals surface area contributed by atoms with Crippen molar-refractivity contribution in [3.63, 3.8) is 0 Å². The molecule has 0 saturated carbocycles. The van der Waals surface area contributed by atoms with Crippen LogP contribution >= 0.6 is 0 Å². The lowest BCUT2D eigenvalue weighted by Crippen LogP contribution is -2.00. The van der Waals surface area contributed by atoms with Crippen molar-refractivity contribution in [2.75, 3.05) is 7.11 Å². The van der Waals surface area contributed by atoms with E-state index in [1.807, 2.05) is 0 Å². The van der Waals surface area contributed by atoms with Crippen LogP contribution in [0.5, 0.6) is 0 Å². The van der Waals surface area contributed by atoms with Crippen molar-refractivity contribution in [3.8, 4) is 0 Å². The van der Waals surface area contributed by atoms with Gasteiger partial charge in [0.25, 0.3) is 0 Å². The number of methoxy groups -OCH3 is 1. The zero-order valence-corrected chi connectivity index (χ0v) is 25.1. The number of nitrogens with one attached hydrogen (secondary N) is 2. The standard InChI is InChI=1S/C34H40N4O2/c1-9-22-18(4)26-14-27-19(5)24(11-3)32(36-27)17-33-25(12-13-34(39)40-8)21(7)29(38-33)16-31-23(10-2)20(6)28(37-31)15-30(22)35-26/h14-17,36-37H,9-13H2,1-8H3. The summed E-state index contributed by atoms with van der Waals surface area (Å²) in [6.45, 7) is 15.2. The normalized spacial score (nSPS) is 13.4. The molecule has 6 nitrogen and oxygen atoms in total. The van der Waals surface area contributed by atoms with Crippen molar-refractivity contribution in [1.29, 1.82) is 0 Å². The number of fused-ring (bicyclic) bond motifs is 8. The van der Waals surface area contributed by atoms with Gasteiger partial charge in [0.1, 0.15) is 0 Å². The molecule has 5 rings (SSSR count). The molecule has 2 aliphatic rings. The maximum absolute atomic E-state index is 12.1. The van der Waals surface area contributed by atoms with Gasteiger partial charge < -0.3 is 14.7 Å². The van der Waals surface area contributed by atoms with Gasteiger partial charge in [0.2, 0.25) is 0 Å². The highest BCUT2D eigenvalue weighted by molar-refractivity contribution is 5.95. The van der Waals surface area contributed by atoms with Gasteiger partial charge in [0.15, 0.2) is 0 Å². The van der Waals surface area contributed by atoms with Gasteiger partial charge in [-0.15, -0.1) is 0 Å². The molecule has 8 bridgehead atoms. The average molecular weight is 537 g/mol. The number of esters is 1. The minimum Gasteiger partial charge on any atom is -0.469 e. The molecule has 2 aliphatic heterocycles. The Morgan fingerprint density at radius 2 is 1.12 bits per heavy atom. The second-order valence-corrected chi connectivity index (χ2v) is 10.8. The molecule has 3 aromatic rings. The molecule has 0 aliphatic carbocycles. The average Bonchev–Trinajstić information content (AvgIpc) is 3.60. The van der Waals surface area contributed by atoms with Crippen molar-refractivity contribution >= 4 is 50.3 Å². The van der Waals surface area contributed by atoms with Gasteiger partial charge in [-0.2, -0.15) is 0 Å². The van der Waals surface area contributed by atoms with E-state index in [-0.39, 0.29) is 5.97 Å². The van der Waals surface area contributed by atoms with E-state index < -0.39 is 0 Å². The Hall–Kier alpha value is -3.93. The lowest BCUT2D eigenvalue weighted by Gasteiger charge is -2.04. The van der Waals surface area contributed by atoms with Crippen molar-refractivity contribution in [3.05, 3.63) is 69.3 Å². The summed E-state index contributed by atoms with van der Waals surface area (Å²) in [6, 6.07) is 8.71. The summed E-state index contributed by atoms with van der Waals surface area (Å²) in [4.78, 5) is 29.7. The number of aromatic nitrogens is 4. The van der Waals surface area contributed by atoms with E-state index in [0.29, 0.717) is 12.8 Å². The summed E-state index contributed by atoms with van der Waals surface area (Å²) in [5.74, 6) is -0.214. The minimum atomic E-state index is -0.214. The summed E-state index contributed by atoms with van der Waals surface area (Å²) >= 11 is 0. The van der Waals surface area contributed by atoms with Crippen LogP contribution in [0.4, 0.5) is 0 Å². The highest BCUT2D eigenvalue weighted by Crippen LogP contribution is 2.36. The van der Waals surface area contributed by atoms with E-state index in [2.05, 4.69) is 82.7 Å². The summed E-state index contributed by atoms with van der Waals surface area (Å²) in [7, 11) is 1.44. The largest absolute Gasteiger partial charge is 0.469 e. The number of nitrogens with zero attached hydrogens (tertiary/aromatic N) is 2. The molecule has 0 aromatic carbocycles. The van der Waals surface area contributed by atoms with Crippen LogP contribution in [0.3, 0.4) is 0 Å². The van der Waals surface area contributed by atoms with Crippen LogP contribution in [0, 0.1) is 13.8 Å². The van der Waals surface area contributed by atoms with Crippen LogP contribution in [0.2, 0.25) is 0 Å². The van der Waals surface area contributed by atoms with Gasteiger partial charge in [-0.05, 0) is 122 Å². The van der Waals surface area contributed by atoms with Gasteiger partial charge in [-0.1, -0.05) is 20.8 Å². The number of aryl methyl sites for hydroxylation is 4. The number of hydrogen-bond acceptors (Lipinski definition) is 4. The first-order valence-corrected chi connectivity index (χ1v) is 14.4. The molecule has 40 heavy (non-hydrogen) atoms. The molecule has 0 radical (unpaired) electrons. The molecule has 6 heteroatoms. The molecule has 0 spiro atoms. The Bertz CT molecular complexity index is 1750. The van der Waals surface area contributed by atoms with Crippen LogP contribution in [-0.4, -0.2) is 33.0 Å². The van der Waals surface area contributed by atoms with Crippen LogP contribution in [0.15, 0.2) is 24.3 Å². The molecule has 0 saturated heterocycles. The fraction of sp³-hybridized carbons (Fsp3) is 0.382. The van der Waals surface area contributed by atoms with E-state index >= 15 is 0 Å². The molecule has 0 atom stereocenters. The van der Waals surface area contributed by atoms with Gasteiger partial charge in [-0.25, -0.2) is 9.97 Å². The molecule has 208 valence electrons. The van der Waals surface area contributed by atoms with E-state index in [9.17, 15) is 4.79 Å². The number of carbonyl (C=O) groups excluding carboxylic acids is 1. The first kappa shape index (κ1) is 27.6. The predicted octanol–water partition coefficient (Wildman–Crippen LogP) is 8.28. The van der Waals surface area contributed by atoms with Gasteiger partial charge >= 0.3 is 5.97 Å². The number of ether oxygens (including phenoxy) is 1. The van der Waals surface area contributed by atoms with Gasteiger partial charge in [-0.3, -0.25) is 4.79 Å². The van der Waals surface area contributed by atoms with Crippen LogP contribution in [0.1, 0.15) is 98.9 Å². The molecule has 3 aromatic heterocycles. The molecule has 0 unspecified atom stereocenters. The molecule has 0 amide bonds. The first-order valence-electron chi connectivity index (χ1n) is 14.4. The fourth-order valence-electron chi connectivity index (χ4n) is 6.22. The Kier molecular flexibility index (Phi) is 7.54. The zero-order chi connectivity index (χ0) is 28.7. The SMILES string of the molecule is CCC1=C(C)c2cc3[nH]c(cc4nc(cc5[nH]c(cc1n2)c(C)c5CC)C(C)=C4CCC(=O)OC)c(CC)c3C. The zero-order valence-electron chi connectivity index (χ0n) is 25.1. The summed E-state index contributed by atoms with van der Waals surface area (Å²) in [6.07, 6.45) is 3.63.